The summed E-state index contributed by atoms with van der Waals surface area (Å²) in [6, 6.07) is 5.37. The number of piperidine rings is 1. The molecular formula is C24H31N5O4S2. The van der Waals surface area contributed by atoms with E-state index in [-0.39, 0.29) is 30.7 Å². The van der Waals surface area contributed by atoms with Gasteiger partial charge < -0.3 is 10.2 Å². The van der Waals surface area contributed by atoms with E-state index in [1.807, 2.05) is 26.8 Å². The Morgan fingerprint density at radius 3 is 2.46 bits per heavy atom. The molecule has 2 amide bonds. The Bertz CT molecular complexity index is 1310. The lowest BCUT2D eigenvalue weighted by molar-refractivity contribution is -0.124. The highest BCUT2D eigenvalue weighted by atomic mass is 32.2. The smallest absolute Gasteiger partial charge is 0.253 e. The molecule has 3 heterocycles. The van der Waals surface area contributed by atoms with Crippen LogP contribution in [0.15, 0.2) is 23.2 Å². The van der Waals surface area contributed by atoms with Gasteiger partial charge >= 0.3 is 0 Å². The molecule has 11 heteroatoms. The van der Waals surface area contributed by atoms with Gasteiger partial charge in [0, 0.05) is 32.7 Å². The van der Waals surface area contributed by atoms with E-state index in [0.29, 0.717) is 30.7 Å². The monoisotopic (exact) mass is 517 g/mol. The van der Waals surface area contributed by atoms with Crippen molar-refractivity contribution in [3.63, 3.8) is 0 Å². The van der Waals surface area contributed by atoms with Gasteiger partial charge in [-0.05, 0) is 63.3 Å². The first-order valence-electron chi connectivity index (χ1n) is 11.6. The zero-order chi connectivity index (χ0) is 25.5. The second kappa shape index (κ2) is 9.44. The lowest BCUT2D eigenvalue weighted by atomic mass is 9.89. The normalized spacial score (nSPS) is 18.0. The Hall–Kier alpha value is -2.63. The Labute approximate surface area is 210 Å². The number of amides is 2. The van der Waals surface area contributed by atoms with Crippen LogP contribution in [-0.4, -0.2) is 78.7 Å². The van der Waals surface area contributed by atoms with E-state index in [0.717, 1.165) is 26.7 Å². The van der Waals surface area contributed by atoms with Crippen LogP contribution >= 0.6 is 11.3 Å². The number of carbonyl (C=O) groups excluding carboxylic acids is 2. The maximum atomic E-state index is 13.1. The molecular weight excluding hydrogens is 486 g/mol. The number of nitrogens with one attached hydrogen (secondary N) is 1. The van der Waals surface area contributed by atoms with Crippen molar-refractivity contribution in [1.29, 1.82) is 0 Å². The first kappa shape index (κ1) is 25.5. The van der Waals surface area contributed by atoms with Crippen LogP contribution in [0.4, 0.5) is 0 Å². The first-order valence-corrected chi connectivity index (χ1v) is 14.0. The quantitative estimate of drug-likeness (QED) is 0.630. The summed E-state index contributed by atoms with van der Waals surface area (Å²) in [5.41, 5.74) is 2.29. The summed E-state index contributed by atoms with van der Waals surface area (Å²) in [5, 5.41) is 3.81. The molecule has 1 aromatic carbocycles. The lowest BCUT2D eigenvalue weighted by Crippen LogP contribution is -2.50. The van der Waals surface area contributed by atoms with E-state index in [2.05, 4.69) is 10.3 Å². The van der Waals surface area contributed by atoms with Crippen molar-refractivity contribution in [1.82, 2.24) is 19.5 Å². The van der Waals surface area contributed by atoms with Crippen LogP contribution in [0.25, 0.3) is 0 Å². The molecule has 2 aliphatic heterocycles. The molecule has 0 unspecified atom stereocenters. The summed E-state index contributed by atoms with van der Waals surface area (Å²) in [6.45, 7) is 6.20. The Morgan fingerprint density at radius 2 is 1.89 bits per heavy atom. The van der Waals surface area contributed by atoms with Crippen molar-refractivity contribution < 1.29 is 18.0 Å². The number of amidine groups is 1. The summed E-state index contributed by atoms with van der Waals surface area (Å²) < 4.78 is 27.6. The number of rotatable bonds is 6. The number of benzene rings is 1. The molecule has 0 radical (unpaired) electrons. The van der Waals surface area contributed by atoms with E-state index in [1.54, 1.807) is 26.2 Å². The van der Waals surface area contributed by atoms with E-state index in [1.165, 1.54) is 20.5 Å². The number of hydrogen-bond acceptors (Lipinski definition) is 7. The standard InChI is InChI=1S/C24H31N5O4S2/c1-15-14-19(22(30)28(4)5)7-6-18(15)8-13-35(32,33)29-11-9-24(10-12-29)23(31)26-21(27-24)20-16(2)25-17(3)34-20/h6-7,14H,8-13H2,1-5H3,(H,26,27,31). The molecule has 2 aromatic rings. The van der Waals surface area contributed by atoms with Gasteiger partial charge in [-0.3, -0.25) is 14.6 Å². The van der Waals surface area contributed by atoms with Gasteiger partial charge in [0.25, 0.3) is 11.8 Å². The molecule has 1 saturated heterocycles. The molecule has 1 spiro atoms. The van der Waals surface area contributed by atoms with Crippen LogP contribution in [0, 0.1) is 20.8 Å². The van der Waals surface area contributed by atoms with Crippen molar-refractivity contribution in [3.05, 3.63) is 50.5 Å². The molecule has 0 bridgehead atoms. The van der Waals surface area contributed by atoms with Crippen molar-refractivity contribution in [2.75, 3.05) is 32.9 Å². The number of thiazole rings is 1. The molecule has 4 rings (SSSR count). The Balaban J connectivity index is 1.41. The molecule has 1 aromatic heterocycles. The predicted octanol–water partition coefficient (Wildman–Crippen LogP) is 2.05. The summed E-state index contributed by atoms with van der Waals surface area (Å²) in [4.78, 5) is 36.5. The third kappa shape index (κ3) is 5.03. The average molecular weight is 518 g/mol. The topological polar surface area (TPSA) is 112 Å². The second-order valence-electron chi connectivity index (χ2n) is 9.40. The maximum absolute atomic E-state index is 13.1. The van der Waals surface area contributed by atoms with Crippen LogP contribution in [0.5, 0.6) is 0 Å². The van der Waals surface area contributed by atoms with Crippen molar-refractivity contribution >= 4 is 39.0 Å². The molecule has 2 aliphatic rings. The van der Waals surface area contributed by atoms with Crippen LogP contribution in [0.3, 0.4) is 0 Å². The number of aliphatic imine (C=N–C) groups is 1. The minimum atomic E-state index is -3.50. The summed E-state index contributed by atoms with van der Waals surface area (Å²) in [5.74, 6) is 0.262. The number of carbonyl (C=O) groups is 2. The molecule has 0 saturated carbocycles. The van der Waals surface area contributed by atoms with E-state index < -0.39 is 15.6 Å². The predicted molar refractivity (Wildman–Crippen MR) is 136 cm³/mol. The second-order valence-corrected chi connectivity index (χ2v) is 12.7. The van der Waals surface area contributed by atoms with Crippen LogP contribution in [0.2, 0.25) is 0 Å². The molecule has 1 fully saturated rings. The number of sulfonamides is 1. The minimum Gasteiger partial charge on any atom is -0.345 e. The van der Waals surface area contributed by atoms with Gasteiger partial charge in [-0.15, -0.1) is 11.3 Å². The number of hydrogen-bond donors (Lipinski definition) is 1. The van der Waals surface area contributed by atoms with Gasteiger partial charge in [0.05, 0.1) is 21.3 Å². The lowest BCUT2D eigenvalue weighted by Gasteiger charge is -2.34. The zero-order valence-corrected chi connectivity index (χ0v) is 22.3. The van der Waals surface area contributed by atoms with Gasteiger partial charge in [0.2, 0.25) is 10.0 Å². The minimum absolute atomic E-state index is 0.0259. The molecule has 1 N–H and O–H groups in total. The molecule has 35 heavy (non-hydrogen) atoms. The van der Waals surface area contributed by atoms with Gasteiger partial charge in [-0.2, -0.15) is 0 Å². The fraction of sp³-hybridized carbons (Fsp3) is 0.500. The third-order valence-electron chi connectivity index (χ3n) is 6.67. The summed E-state index contributed by atoms with van der Waals surface area (Å²) >= 11 is 1.49. The molecule has 0 atom stereocenters. The Kier molecular flexibility index (Phi) is 6.87. The summed E-state index contributed by atoms with van der Waals surface area (Å²) in [7, 11) is -0.105. The number of aromatic nitrogens is 1. The SMILES string of the molecule is Cc1nc(C)c(C2=NC3(CCN(S(=O)(=O)CCc4ccc(C(=O)N(C)C)cc4C)CC3)C(=O)N2)s1. The van der Waals surface area contributed by atoms with E-state index in [9.17, 15) is 18.0 Å². The van der Waals surface area contributed by atoms with Gasteiger partial charge in [0.15, 0.2) is 0 Å². The van der Waals surface area contributed by atoms with E-state index >= 15 is 0 Å². The fourth-order valence-corrected chi connectivity index (χ4v) is 6.92. The molecule has 9 nitrogen and oxygen atoms in total. The van der Waals surface area contributed by atoms with Crippen LogP contribution < -0.4 is 5.32 Å². The van der Waals surface area contributed by atoms with Gasteiger partial charge in [0.1, 0.15) is 11.4 Å². The number of nitrogens with zero attached hydrogens (tertiary/aromatic N) is 4. The number of aryl methyl sites for hydroxylation is 4. The highest BCUT2D eigenvalue weighted by Gasteiger charge is 2.47. The summed E-state index contributed by atoms with van der Waals surface area (Å²) in [6.07, 6.45) is 1.05. The Morgan fingerprint density at radius 1 is 1.20 bits per heavy atom. The maximum Gasteiger partial charge on any atom is 0.253 e. The largest absolute Gasteiger partial charge is 0.345 e. The van der Waals surface area contributed by atoms with Crippen molar-refractivity contribution in [2.45, 2.75) is 45.6 Å². The first-order chi connectivity index (χ1) is 16.4. The van der Waals surface area contributed by atoms with Crippen molar-refractivity contribution in [2.24, 2.45) is 4.99 Å². The highest BCUT2D eigenvalue weighted by Crippen LogP contribution is 2.33. The molecule has 188 valence electrons. The van der Waals surface area contributed by atoms with Crippen molar-refractivity contribution in [3.8, 4) is 0 Å². The van der Waals surface area contributed by atoms with E-state index in [4.69, 9.17) is 4.99 Å². The van der Waals surface area contributed by atoms with Gasteiger partial charge in [-0.25, -0.2) is 17.7 Å². The fourth-order valence-electron chi connectivity index (χ4n) is 4.58. The van der Waals surface area contributed by atoms with Gasteiger partial charge in [-0.1, -0.05) is 6.07 Å². The van der Waals surface area contributed by atoms with Crippen LogP contribution in [-0.2, 0) is 21.2 Å². The average Bonchev–Trinajstić information content (AvgIpc) is 3.30. The molecule has 0 aliphatic carbocycles. The highest BCUT2D eigenvalue weighted by molar-refractivity contribution is 7.89. The zero-order valence-electron chi connectivity index (χ0n) is 20.7. The van der Waals surface area contributed by atoms with Crippen LogP contribution in [0.1, 0.15) is 49.9 Å². The third-order valence-corrected chi connectivity index (χ3v) is 9.62.